The minimum atomic E-state index is -0.800. The topological polar surface area (TPSA) is 57.7 Å². The van der Waals surface area contributed by atoms with Gasteiger partial charge in [-0.1, -0.05) is 18.5 Å². The summed E-state index contributed by atoms with van der Waals surface area (Å²) in [4.78, 5) is 15.9. The molecular formula is C17H17ClFNO4. The van der Waals surface area contributed by atoms with Crippen molar-refractivity contribution in [2.45, 2.75) is 26.4 Å². The molecule has 7 heteroatoms. The zero-order chi connectivity index (χ0) is 17.5. The first-order valence-electron chi connectivity index (χ1n) is 7.46. The van der Waals surface area contributed by atoms with Gasteiger partial charge in [0.25, 0.3) is 5.88 Å². The minimum Gasteiger partial charge on any atom is -0.463 e. The highest BCUT2D eigenvalue weighted by atomic mass is 35.5. The number of aromatic nitrogens is 1. The van der Waals surface area contributed by atoms with E-state index in [0.717, 1.165) is 6.07 Å². The fourth-order valence-corrected chi connectivity index (χ4v) is 2.09. The number of hydrogen-bond donors (Lipinski definition) is 0. The van der Waals surface area contributed by atoms with E-state index in [-0.39, 0.29) is 29.0 Å². The lowest BCUT2D eigenvalue weighted by Crippen LogP contribution is -2.29. The minimum absolute atomic E-state index is 0.113. The number of nitrogens with zero attached hydrogens (tertiary/aromatic N) is 1. The molecule has 0 amide bonds. The maximum absolute atomic E-state index is 13.1. The Morgan fingerprint density at radius 3 is 2.75 bits per heavy atom. The van der Waals surface area contributed by atoms with E-state index >= 15 is 0 Å². The molecule has 1 unspecified atom stereocenters. The molecule has 24 heavy (non-hydrogen) atoms. The molecule has 0 aliphatic carbocycles. The molecule has 128 valence electrons. The van der Waals surface area contributed by atoms with E-state index in [0.29, 0.717) is 6.42 Å². The molecule has 0 N–H and O–H groups in total. The largest absolute Gasteiger partial charge is 0.463 e. The highest BCUT2D eigenvalue weighted by molar-refractivity contribution is 6.32. The van der Waals surface area contributed by atoms with Crippen molar-refractivity contribution >= 4 is 17.6 Å². The Hall–Kier alpha value is -2.34. The summed E-state index contributed by atoms with van der Waals surface area (Å²) in [5, 5.41) is 0.113. The molecule has 0 fully saturated rings. The number of rotatable bonds is 7. The molecule has 5 nitrogen and oxygen atoms in total. The van der Waals surface area contributed by atoms with Gasteiger partial charge in [-0.25, -0.2) is 14.2 Å². The van der Waals surface area contributed by atoms with Gasteiger partial charge in [0.15, 0.2) is 11.9 Å². The number of carbonyl (C=O) groups is 1. The van der Waals surface area contributed by atoms with E-state index in [1.54, 1.807) is 26.0 Å². The number of esters is 1. The molecule has 1 atom stereocenters. The van der Waals surface area contributed by atoms with Crippen molar-refractivity contribution in [1.82, 2.24) is 4.98 Å². The summed E-state index contributed by atoms with van der Waals surface area (Å²) in [6.07, 6.45) is 1.12. The lowest BCUT2D eigenvalue weighted by atomic mass is 10.3. The van der Waals surface area contributed by atoms with E-state index in [9.17, 15) is 9.18 Å². The Bertz CT molecular complexity index is 711. The van der Waals surface area contributed by atoms with Crippen LogP contribution in [0.15, 0.2) is 36.5 Å². The summed E-state index contributed by atoms with van der Waals surface area (Å²) >= 11 is 5.96. The van der Waals surface area contributed by atoms with Crippen LogP contribution in [0.2, 0.25) is 5.02 Å². The smallest absolute Gasteiger partial charge is 0.347 e. The van der Waals surface area contributed by atoms with Crippen LogP contribution in [-0.2, 0) is 9.53 Å². The predicted octanol–water partition coefficient (Wildman–Crippen LogP) is 4.39. The third-order valence-corrected chi connectivity index (χ3v) is 3.32. The van der Waals surface area contributed by atoms with E-state index in [2.05, 4.69) is 4.98 Å². The van der Waals surface area contributed by atoms with Crippen LogP contribution in [0.25, 0.3) is 0 Å². The number of pyridine rings is 1. The van der Waals surface area contributed by atoms with Gasteiger partial charge < -0.3 is 14.2 Å². The summed E-state index contributed by atoms with van der Waals surface area (Å²) in [5.41, 5.74) is 0. The van der Waals surface area contributed by atoms with Crippen LogP contribution in [0, 0.1) is 5.82 Å². The second-order valence-corrected chi connectivity index (χ2v) is 5.16. The first-order valence-corrected chi connectivity index (χ1v) is 7.84. The normalized spacial score (nSPS) is 11.7. The predicted molar refractivity (Wildman–Crippen MR) is 87.1 cm³/mol. The fourth-order valence-electron chi connectivity index (χ4n) is 1.89. The molecule has 0 radical (unpaired) electrons. The molecule has 0 spiro atoms. The lowest BCUT2D eigenvalue weighted by Gasteiger charge is -2.17. The maximum atomic E-state index is 13.1. The van der Waals surface area contributed by atoms with Gasteiger partial charge in [0.2, 0.25) is 0 Å². The molecule has 0 aliphatic heterocycles. The van der Waals surface area contributed by atoms with Crippen LogP contribution in [-0.4, -0.2) is 23.7 Å². The number of carbonyl (C=O) groups excluding carboxylic acids is 1. The SMILES string of the molecule is CCOC(=O)C(CC)Oc1ncccc1Oc1ccc(F)cc1Cl. The van der Waals surface area contributed by atoms with Crippen molar-refractivity contribution < 1.29 is 23.4 Å². The third-order valence-electron chi connectivity index (χ3n) is 3.02. The second kappa shape index (κ2) is 8.49. The maximum Gasteiger partial charge on any atom is 0.347 e. The molecular weight excluding hydrogens is 337 g/mol. The first kappa shape index (κ1) is 18.0. The summed E-state index contributed by atoms with van der Waals surface area (Å²) in [5.74, 6) is -0.313. The summed E-state index contributed by atoms with van der Waals surface area (Å²) in [6.45, 7) is 3.77. The average molecular weight is 354 g/mol. The van der Waals surface area contributed by atoms with Crippen molar-refractivity contribution in [1.29, 1.82) is 0 Å². The Kier molecular flexibility index (Phi) is 6.37. The van der Waals surface area contributed by atoms with Crippen molar-refractivity contribution in [2.24, 2.45) is 0 Å². The van der Waals surface area contributed by atoms with Crippen LogP contribution in [0.4, 0.5) is 4.39 Å². The number of hydrogen-bond acceptors (Lipinski definition) is 5. The average Bonchev–Trinajstić information content (AvgIpc) is 2.56. The summed E-state index contributed by atoms with van der Waals surface area (Å²) < 4.78 is 29.3. The molecule has 0 bridgehead atoms. The van der Waals surface area contributed by atoms with Gasteiger partial charge in [0.1, 0.15) is 11.6 Å². The highest BCUT2D eigenvalue weighted by Gasteiger charge is 2.22. The standard InChI is InChI=1S/C17H17ClFNO4/c1-3-13(17(21)22-4-2)24-16-15(6-5-9-20-16)23-14-8-7-11(19)10-12(14)18/h5-10,13H,3-4H2,1-2H3. The number of benzene rings is 1. The van der Waals surface area contributed by atoms with E-state index in [1.165, 1.54) is 18.3 Å². The number of ether oxygens (including phenoxy) is 3. The monoisotopic (exact) mass is 353 g/mol. The van der Waals surface area contributed by atoms with E-state index < -0.39 is 17.9 Å². The Morgan fingerprint density at radius 2 is 2.08 bits per heavy atom. The van der Waals surface area contributed by atoms with Gasteiger partial charge in [0, 0.05) is 6.20 Å². The zero-order valence-electron chi connectivity index (χ0n) is 13.3. The van der Waals surface area contributed by atoms with Crippen molar-refractivity contribution in [3.05, 3.63) is 47.4 Å². The molecule has 2 rings (SSSR count). The van der Waals surface area contributed by atoms with E-state index in [4.69, 9.17) is 25.8 Å². The number of halogens is 2. The molecule has 0 saturated carbocycles. The molecule has 1 aromatic carbocycles. The fraction of sp³-hybridized carbons (Fsp3) is 0.294. The Balaban J connectivity index is 2.22. The lowest BCUT2D eigenvalue weighted by molar-refractivity contribution is -0.151. The van der Waals surface area contributed by atoms with Gasteiger partial charge in [-0.3, -0.25) is 0 Å². The van der Waals surface area contributed by atoms with Gasteiger partial charge in [-0.15, -0.1) is 0 Å². The van der Waals surface area contributed by atoms with Crippen LogP contribution in [0.5, 0.6) is 17.4 Å². The van der Waals surface area contributed by atoms with Crippen LogP contribution in [0.1, 0.15) is 20.3 Å². The quantitative estimate of drug-likeness (QED) is 0.691. The van der Waals surface area contributed by atoms with Crippen LogP contribution < -0.4 is 9.47 Å². The van der Waals surface area contributed by atoms with Gasteiger partial charge in [0.05, 0.1) is 11.6 Å². The summed E-state index contributed by atoms with van der Waals surface area (Å²) in [7, 11) is 0. The summed E-state index contributed by atoms with van der Waals surface area (Å²) in [6, 6.07) is 7.02. The zero-order valence-corrected chi connectivity index (χ0v) is 14.0. The Labute approximate surface area is 144 Å². The van der Waals surface area contributed by atoms with Crippen LogP contribution in [0.3, 0.4) is 0 Å². The molecule has 0 saturated heterocycles. The van der Waals surface area contributed by atoms with Gasteiger partial charge in [-0.05, 0) is 43.7 Å². The van der Waals surface area contributed by atoms with Crippen molar-refractivity contribution in [2.75, 3.05) is 6.61 Å². The van der Waals surface area contributed by atoms with Crippen molar-refractivity contribution in [3.8, 4) is 17.4 Å². The molecule has 2 aromatic rings. The van der Waals surface area contributed by atoms with Crippen molar-refractivity contribution in [3.63, 3.8) is 0 Å². The van der Waals surface area contributed by atoms with Gasteiger partial charge >= 0.3 is 5.97 Å². The van der Waals surface area contributed by atoms with Crippen LogP contribution >= 0.6 is 11.6 Å². The highest BCUT2D eigenvalue weighted by Crippen LogP contribution is 2.34. The molecule has 1 aromatic heterocycles. The third kappa shape index (κ3) is 4.58. The second-order valence-electron chi connectivity index (χ2n) is 4.75. The van der Waals surface area contributed by atoms with E-state index in [1.807, 2.05) is 0 Å². The first-order chi connectivity index (χ1) is 11.5. The Morgan fingerprint density at radius 1 is 1.29 bits per heavy atom. The van der Waals surface area contributed by atoms with Gasteiger partial charge in [-0.2, -0.15) is 0 Å². The molecule has 1 heterocycles. The molecule has 0 aliphatic rings.